The van der Waals surface area contributed by atoms with E-state index in [2.05, 4.69) is 6.08 Å². The fourth-order valence-corrected chi connectivity index (χ4v) is 2.84. The van der Waals surface area contributed by atoms with Crippen molar-refractivity contribution >= 4 is 12.0 Å². The van der Waals surface area contributed by atoms with Crippen LogP contribution in [0.25, 0.3) is 6.08 Å². The maximum atomic E-state index is 10.8. The minimum atomic E-state index is -0.889. The van der Waals surface area contributed by atoms with Gasteiger partial charge in [0.05, 0.1) is 18.8 Å². The van der Waals surface area contributed by atoms with E-state index in [1.54, 1.807) is 12.1 Å². The van der Waals surface area contributed by atoms with Crippen LogP contribution in [0.5, 0.6) is 0 Å². The molecule has 2 aliphatic rings. The number of carboxylic acid groups (broad SMARTS) is 1. The first kappa shape index (κ1) is 13.3. The summed E-state index contributed by atoms with van der Waals surface area (Å²) >= 11 is 0. The first-order valence-electron chi connectivity index (χ1n) is 6.98. The molecule has 1 aromatic carbocycles. The Balaban J connectivity index is 1.66. The average Bonchev–Trinajstić information content (AvgIpc) is 2.91. The van der Waals surface area contributed by atoms with Crippen molar-refractivity contribution in [2.75, 3.05) is 13.2 Å². The zero-order chi connectivity index (χ0) is 14.0. The molecule has 1 aliphatic heterocycles. The highest BCUT2D eigenvalue weighted by atomic mass is 16.7. The molecule has 20 heavy (non-hydrogen) atoms. The summed E-state index contributed by atoms with van der Waals surface area (Å²) in [5.74, 6) is -1.22. The molecule has 1 aromatic rings. The molecule has 1 saturated heterocycles. The van der Waals surface area contributed by atoms with Gasteiger partial charge in [-0.15, -0.1) is 0 Å². The molecule has 0 amide bonds. The lowest BCUT2D eigenvalue weighted by atomic mass is 9.88. The van der Waals surface area contributed by atoms with Crippen LogP contribution < -0.4 is 0 Å². The molecule has 1 saturated carbocycles. The maximum absolute atomic E-state index is 10.8. The van der Waals surface area contributed by atoms with Crippen LogP contribution in [0, 0.1) is 0 Å². The number of aromatic carboxylic acids is 1. The number of carboxylic acids is 1. The molecule has 4 heteroatoms. The molecule has 0 aromatic heterocycles. The first-order chi connectivity index (χ1) is 9.67. The third kappa shape index (κ3) is 2.76. The summed E-state index contributed by atoms with van der Waals surface area (Å²) in [6.45, 7) is 1.41. The van der Waals surface area contributed by atoms with Crippen molar-refractivity contribution in [3.63, 3.8) is 0 Å². The van der Waals surface area contributed by atoms with Crippen LogP contribution in [0.15, 0.2) is 29.8 Å². The number of rotatable bonds is 2. The standard InChI is InChI=1S/C16H18O4/c17-15(18)14-3-1-12(2-4-14)11-13-5-7-16(8-6-13)19-9-10-20-16/h1-4,11H,5-10H2,(H,17,18). The van der Waals surface area contributed by atoms with E-state index in [0.717, 1.165) is 31.2 Å². The highest BCUT2D eigenvalue weighted by Gasteiger charge is 2.38. The number of hydrogen-bond donors (Lipinski definition) is 1. The van der Waals surface area contributed by atoms with Gasteiger partial charge < -0.3 is 14.6 Å². The van der Waals surface area contributed by atoms with Crippen LogP contribution in [0.4, 0.5) is 0 Å². The van der Waals surface area contributed by atoms with E-state index in [4.69, 9.17) is 14.6 Å². The van der Waals surface area contributed by atoms with Gasteiger partial charge >= 0.3 is 5.97 Å². The lowest BCUT2D eigenvalue weighted by molar-refractivity contribution is -0.171. The van der Waals surface area contributed by atoms with Gasteiger partial charge in [-0.05, 0) is 30.5 Å². The fraction of sp³-hybridized carbons (Fsp3) is 0.438. The summed E-state index contributed by atoms with van der Waals surface area (Å²) in [5, 5.41) is 8.87. The summed E-state index contributed by atoms with van der Waals surface area (Å²) in [6.07, 6.45) is 5.91. The Morgan fingerprint density at radius 2 is 1.70 bits per heavy atom. The average molecular weight is 274 g/mol. The van der Waals surface area contributed by atoms with Crippen LogP contribution in [0.3, 0.4) is 0 Å². The lowest BCUT2D eigenvalue weighted by Crippen LogP contribution is -2.33. The van der Waals surface area contributed by atoms with Gasteiger partial charge in [0.2, 0.25) is 0 Å². The Morgan fingerprint density at radius 3 is 2.25 bits per heavy atom. The quantitative estimate of drug-likeness (QED) is 0.900. The van der Waals surface area contributed by atoms with Crippen LogP contribution >= 0.6 is 0 Å². The Kier molecular flexibility index (Phi) is 3.59. The second-order valence-electron chi connectivity index (χ2n) is 5.34. The molecule has 0 atom stereocenters. The molecule has 1 spiro atoms. The molecule has 0 unspecified atom stereocenters. The Morgan fingerprint density at radius 1 is 1.10 bits per heavy atom. The van der Waals surface area contributed by atoms with Gasteiger partial charge in [-0.25, -0.2) is 4.79 Å². The van der Waals surface area contributed by atoms with Crippen LogP contribution in [0.1, 0.15) is 41.6 Å². The maximum Gasteiger partial charge on any atom is 0.335 e. The number of ether oxygens (including phenoxy) is 2. The predicted octanol–water partition coefficient (Wildman–Crippen LogP) is 3.09. The minimum Gasteiger partial charge on any atom is -0.478 e. The third-order valence-corrected chi connectivity index (χ3v) is 4.00. The zero-order valence-electron chi connectivity index (χ0n) is 11.3. The number of carbonyl (C=O) groups is 1. The summed E-state index contributed by atoms with van der Waals surface area (Å²) in [6, 6.07) is 6.98. The first-order valence-corrected chi connectivity index (χ1v) is 6.98. The topological polar surface area (TPSA) is 55.8 Å². The SMILES string of the molecule is O=C(O)c1ccc(C=C2CCC3(CC2)OCCO3)cc1. The number of hydrogen-bond acceptors (Lipinski definition) is 3. The molecule has 0 radical (unpaired) electrons. The molecule has 106 valence electrons. The van der Waals surface area contributed by atoms with Gasteiger partial charge in [0.1, 0.15) is 0 Å². The fourth-order valence-electron chi connectivity index (χ4n) is 2.84. The minimum absolute atomic E-state index is 0.322. The van der Waals surface area contributed by atoms with E-state index in [1.165, 1.54) is 5.57 Å². The van der Waals surface area contributed by atoms with E-state index >= 15 is 0 Å². The molecule has 2 fully saturated rings. The van der Waals surface area contributed by atoms with E-state index in [1.807, 2.05) is 12.1 Å². The summed E-state index contributed by atoms with van der Waals surface area (Å²) in [5.41, 5.74) is 2.74. The van der Waals surface area contributed by atoms with Crippen molar-refractivity contribution in [2.24, 2.45) is 0 Å². The lowest BCUT2D eigenvalue weighted by Gasteiger charge is -2.32. The molecule has 1 aliphatic carbocycles. The van der Waals surface area contributed by atoms with E-state index in [0.29, 0.717) is 18.8 Å². The number of benzene rings is 1. The van der Waals surface area contributed by atoms with Crippen molar-refractivity contribution in [1.29, 1.82) is 0 Å². The van der Waals surface area contributed by atoms with Crippen LogP contribution in [-0.4, -0.2) is 30.1 Å². The van der Waals surface area contributed by atoms with Crippen molar-refractivity contribution < 1.29 is 19.4 Å². The largest absolute Gasteiger partial charge is 0.478 e. The Bertz CT molecular complexity index is 512. The molecular weight excluding hydrogens is 256 g/mol. The van der Waals surface area contributed by atoms with Crippen molar-refractivity contribution in [1.82, 2.24) is 0 Å². The third-order valence-electron chi connectivity index (χ3n) is 4.00. The van der Waals surface area contributed by atoms with Gasteiger partial charge in [-0.1, -0.05) is 23.8 Å². The van der Waals surface area contributed by atoms with Crippen LogP contribution in [0.2, 0.25) is 0 Å². The van der Waals surface area contributed by atoms with Crippen molar-refractivity contribution in [3.8, 4) is 0 Å². The Hall–Kier alpha value is -1.65. The van der Waals surface area contributed by atoms with Gasteiger partial charge in [-0.2, -0.15) is 0 Å². The smallest absolute Gasteiger partial charge is 0.335 e. The number of allylic oxidation sites excluding steroid dienone is 1. The summed E-state index contributed by atoms with van der Waals surface area (Å²) in [7, 11) is 0. The zero-order valence-corrected chi connectivity index (χ0v) is 11.3. The van der Waals surface area contributed by atoms with E-state index < -0.39 is 5.97 Å². The molecule has 0 bridgehead atoms. The molecule has 1 heterocycles. The summed E-state index contributed by atoms with van der Waals surface area (Å²) < 4.78 is 11.4. The highest BCUT2D eigenvalue weighted by Crippen LogP contribution is 2.38. The second-order valence-corrected chi connectivity index (χ2v) is 5.34. The van der Waals surface area contributed by atoms with Gasteiger partial charge in [0.25, 0.3) is 0 Å². The molecule has 1 N–H and O–H groups in total. The molecule has 4 nitrogen and oxygen atoms in total. The molecular formula is C16H18O4. The van der Waals surface area contributed by atoms with Gasteiger partial charge in [0.15, 0.2) is 5.79 Å². The summed E-state index contributed by atoms with van der Waals surface area (Å²) in [4.78, 5) is 10.8. The van der Waals surface area contributed by atoms with E-state index in [-0.39, 0.29) is 5.79 Å². The van der Waals surface area contributed by atoms with Gasteiger partial charge in [0, 0.05) is 12.8 Å². The highest BCUT2D eigenvalue weighted by molar-refractivity contribution is 5.87. The van der Waals surface area contributed by atoms with E-state index in [9.17, 15) is 4.79 Å². The van der Waals surface area contributed by atoms with Crippen LogP contribution in [-0.2, 0) is 9.47 Å². The normalized spacial score (nSPS) is 21.1. The predicted molar refractivity (Wildman–Crippen MR) is 74.5 cm³/mol. The van der Waals surface area contributed by atoms with Gasteiger partial charge in [-0.3, -0.25) is 0 Å². The van der Waals surface area contributed by atoms with Crippen molar-refractivity contribution in [2.45, 2.75) is 31.5 Å². The second kappa shape index (κ2) is 5.38. The van der Waals surface area contributed by atoms with Crippen molar-refractivity contribution in [3.05, 3.63) is 41.0 Å². The monoisotopic (exact) mass is 274 g/mol. The Labute approximate surface area is 118 Å². The molecule has 3 rings (SSSR count).